The van der Waals surface area contributed by atoms with Crippen LogP contribution in [-0.4, -0.2) is 30.0 Å². The number of hydrogen-bond acceptors (Lipinski definition) is 4. The molecule has 1 saturated heterocycles. The van der Waals surface area contributed by atoms with Crippen molar-refractivity contribution in [2.45, 2.75) is 54.5 Å². The zero-order valence-electron chi connectivity index (χ0n) is 13.9. The lowest BCUT2D eigenvalue weighted by Crippen LogP contribution is -2.60. The lowest BCUT2D eigenvalue weighted by Gasteiger charge is -2.60. The first kappa shape index (κ1) is 15.4. The summed E-state index contributed by atoms with van der Waals surface area (Å²) in [5.41, 5.74) is 0.160. The topological polar surface area (TPSA) is 35.5 Å². The highest BCUT2D eigenvalue weighted by atomic mass is 32.2. The van der Waals surface area contributed by atoms with Gasteiger partial charge in [-0.2, -0.15) is 0 Å². The number of carbonyl (C=O) groups excluding carboxylic acids is 1. The molecule has 6 rings (SSSR count). The fraction of sp³-hybridized carbons (Fsp3) is 0.650. The summed E-state index contributed by atoms with van der Waals surface area (Å²) in [6, 6.07) is 10.5. The third-order valence-electron chi connectivity index (χ3n) is 6.86. The summed E-state index contributed by atoms with van der Waals surface area (Å²) in [5.74, 6) is 1.01. The van der Waals surface area contributed by atoms with Crippen LogP contribution >= 0.6 is 11.8 Å². The fourth-order valence-corrected chi connectivity index (χ4v) is 7.22. The van der Waals surface area contributed by atoms with Crippen molar-refractivity contribution < 1.29 is 14.3 Å². The van der Waals surface area contributed by atoms with Gasteiger partial charge in [-0.3, -0.25) is 4.79 Å². The summed E-state index contributed by atoms with van der Waals surface area (Å²) < 4.78 is 12.0. The average molecular weight is 344 g/mol. The Bertz CT molecular complexity index is 640. The molecule has 0 N–H and O–H groups in total. The Balaban J connectivity index is 1.46. The van der Waals surface area contributed by atoms with Crippen LogP contribution < -0.4 is 0 Å². The quantitative estimate of drug-likeness (QED) is 0.810. The highest BCUT2D eigenvalue weighted by Gasteiger charge is 2.62. The van der Waals surface area contributed by atoms with E-state index < -0.39 is 0 Å². The maximum Gasteiger partial charge on any atom is 0.168 e. The second kappa shape index (κ2) is 5.58. The third-order valence-corrected chi connectivity index (χ3v) is 8.34. The van der Waals surface area contributed by atoms with Crippen molar-refractivity contribution in [3.05, 3.63) is 30.3 Å². The summed E-state index contributed by atoms with van der Waals surface area (Å²) >= 11 is 1.81. The van der Waals surface area contributed by atoms with Gasteiger partial charge >= 0.3 is 0 Å². The molecule has 2 spiro atoms. The van der Waals surface area contributed by atoms with E-state index in [1.54, 1.807) is 0 Å². The maximum atomic E-state index is 13.1. The Morgan fingerprint density at radius 2 is 1.83 bits per heavy atom. The van der Waals surface area contributed by atoms with Gasteiger partial charge in [0.15, 0.2) is 5.79 Å². The molecule has 2 bridgehead atoms. The number of Topliss-reactive ketones (excluding diaryl/α,β-unsaturated/α-hetero) is 1. The number of fused-ring (bicyclic) bond motifs is 2. The van der Waals surface area contributed by atoms with Gasteiger partial charge in [0, 0.05) is 23.7 Å². The molecule has 0 aromatic heterocycles. The second-order valence-electron chi connectivity index (χ2n) is 7.93. The number of thioether (sulfide) groups is 1. The first-order valence-electron chi connectivity index (χ1n) is 9.24. The van der Waals surface area contributed by atoms with E-state index in [9.17, 15) is 4.79 Å². The molecular formula is C20H24O3S. The predicted molar refractivity (Wildman–Crippen MR) is 92.8 cm³/mol. The molecule has 5 aliphatic rings. The van der Waals surface area contributed by atoms with Crippen molar-refractivity contribution >= 4 is 17.5 Å². The van der Waals surface area contributed by atoms with Gasteiger partial charge in [0.05, 0.1) is 18.5 Å². The van der Waals surface area contributed by atoms with Gasteiger partial charge in [-0.25, -0.2) is 0 Å². The highest BCUT2D eigenvalue weighted by Crippen LogP contribution is 2.64. The molecule has 4 aliphatic carbocycles. The zero-order valence-corrected chi connectivity index (χ0v) is 14.7. The van der Waals surface area contributed by atoms with Gasteiger partial charge in [0.2, 0.25) is 0 Å². The van der Waals surface area contributed by atoms with Crippen molar-refractivity contribution in [1.82, 2.24) is 0 Å². The molecule has 1 aliphatic heterocycles. The molecular weight excluding hydrogens is 320 g/mol. The van der Waals surface area contributed by atoms with Gasteiger partial charge in [-0.1, -0.05) is 18.2 Å². The molecule has 1 aromatic carbocycles. The minimum absolute atomic E-state index is 0.121. The smallest absolute Gasteiger partial charge is 0.168 e. The predicted octanol–water partition coefficient (Wildman–Crippen LogP) is 4.06. The van der Waals surface area contributed by atoms with Crippen molar-refractivity contribution in [2.24, 2.45) is 17.3 Å². The van der Waals surface area contributed by atoms with Gasteiger partial charge in [0.1, 0.15) is 5.78 Å². The Morgan fingerprint density at radius 1 is 1.04 bits per heavy atom. The summed E-state index contributed by atoms with van der Waals surface area (Å²) in [5, 5.41) is 0.121. The van der Waals surface area contributed by atoms with Crippen LogP contribution in [0.15, 0.2) is 35.2 Å². The van der Waals surface area contributed by atoms with Crippen LogP contribution in [0.4, 0.5) is 0 Å². The SMILES string of the molecule is O=C1C2CCC3(CCC4(CC3C2)OCCO4)C1Sc1ccccc1. The van der Waals surface area contributed by atoms with E-state index in [0.717, 1.165) is 45.3 Å². The van der Waals surface area contributed by atoms with E-state index in [2.05, 4.69) is 24.3 Å². The first-order valence-corrected chi connectivity index (χ1v) is 10.1. The number of hydrogen-bond donors (Lipinski definition) is 0. The molecule has 4 unspecified atom stereocenters. The molecule has 4 atom stereocenters. The van der Waals surface area contributed by atoms with Crippen molar-refractivity contribution in [1.29, 1.82) is 0 Å². The third kappa shape index (κ3) is 2.23. The van der Waals surface area contributed by atoms with Crippen molar-refractivity contribution in [3.8, 4) is 0 Å². The van der Waals surface area contributed by atoms with Crippen LogP contribution in [0.5, 0.6) is 0 Å². The Hall–Kier alpha value is -0.840. The molecule has 3 nitrogen and oxygen atoms in total. The summed E-state index contributed by atoms with van der Waals surface area (Å²) in [7, 11) is 0. The standard InChI is InChI=1S/C20H24O3S/c21-17-14-6-7-19(18(17)24-16-4-2-1-3-5-16)8-9-20(13-15(19)12-14)22-10-11-23-20/h1-5,14-15,18H,6-13H2. The number of ketones is 1. The number of rotatable bonds is 2. The summed E-state index contributed by atoms with van der Waals surface area (Å²) in [4.78, 5) is 14.3. The van der Waals surface area contributed by atoms with Crippen LogP contribution in [0.1, 0.15) is 38.5 Å². The summed E-state index contributed by atoms with van der Waals surface area (Å²) in [6.07, 6.45) is 6.36. The molecule has 0 radical (unpaired) electrons. The molecule has 0 amide bonds. The molecule has 128 valence electrons. The minimum atomic E-state index is -0.335. The van der Waals surface area contributed by atoms with Gasteiger partial charge in [-0.15, -0.1) is 11.8 Å². The summed E-state index contributed by atoms with van der Waals surface area (Å²) in [6.45, 7) is 1.45. The van der Waals surface area contributed by atoms with Gasteiger partial charge in [-0.05, 0) is 49.1 Å². The van der Waals surface area contributed by atoms with E-state index in [4.69, 9.17) is 9.47 Å². The van der Waals surface area contributed by atoms with Crippen LogP contribution in [0, 0.1) is 17.3 Å². The maximum absolute atomic E-state index is 13.1. The zero-order chi connectivity index (χ0) is 16.2. The van der Waals surface area contributed by atoms with Crippen molar-refractivity contribution in [2.75, 3.05) is 13.2 Å². The Morgan fingerprint density at radius 3 is 2.62 bits per heavy atom. The van der Waals surface area contributed by atoms with E-state index in [-0.39, 0.29) is 22.4 Å². The van der Waals surface area contributed by atoms with Crippen LogP contribution in [0.3, 0.4) is 0 Å². The molecule has 1 heterocycles. The monoisotopic (exact) mass is 344 g/mol. The molecule has 5 fully saturated rings. The lowest BCUT2D eigenvalue weighted by molar-refractivity contribution is -0.220. The van der Waals surface area contributed by atoms with Gasteiger partial charge in [0.25, 0.3) is 0 Å². The molecule has 4 saturated carbocycles. The fourth-order valence-electron chi connectivity index (χ4n) is 5.66. The molecule has 1 aromatic rings. The Kier molecular flexibility index (Phi) is 3.59. The van der Waals surface area contributed by atoms with Gasteiger partial charge < -0.3 is 9.47 Å². The minimum Gasteiger partial charge on any atom is -0.348 e. The average Bonchev–Trinajstić information content (AvgIpc) is 3.07. The highest BCUT2D eigenvalue weighted by molar-refractivity contribution is 8.00. The van der Waals surface area contributed by atoms with Crippen LogP contribution in [0.25, 0.3) is 0 Å². The van der Waals surface area contributed by atoms with Crippen molar-refractivity contribution in [3.63, 3.8) is 0 Å². The number of ether oxygens (including phenoxy) is 2. The normalized spacial score (nSPS) is 40.0. The van der Waals surface area contributed by atoms with E-state index in [1.807, 2.05) is 17.8 Å². The second-order valence-corrected chi connectivity index (χ2v) is 9.10. The Labute approximate surface area is 147 Å². The van der Waals surface area contributed by atoms with E-state index in [0.29, 0.717) is 11.7 Å². The van der Waals surface area contributed by atoms with Crippen LogP contribution in [-0.2, 0) is 14.3 Å². The lowest BCUT2D eigenvalue weighted by atomic mass is 9.49. The van der Waals surface area contributed by atoms with Crippen LogP contribution in [0.2, 0.25) is 0 Å². The van der Waals surface area contributed by atoms with E-state index in [1.165, 1.54) is 11.3 Å². The number of benzene rings is 1. The molecule has 4 heteroatoms. The molecule has 24 heavy (non-hydrogen) atoms. The largest absolute Gasteiger partial charge is 0.348 e. The van der Waals surface area contributed by atoms with E-state index >= 15 is 0 Å². The number of carbonyl (C=O) groups is 1. The first-order chi connectivity index (χ1) is 11.7.